The van der Waals surface area contributed by atoms with Crippen molar-refractivity contribution in [1.82, 2.24) is 15.3 Å². The van der Waals surface area contributed by atoms with Gasteiger partial charge in [0.2, 0.25) is 0 Å². The van der Waals surface area contributed by atoms with E-state index in [0.717, 1.165) is 23.4 Å². The normalized spacial score (nSPS) is 17.7. The number of H-pyrrole nitrogens is 1. The van der Waals surface area contributed by atoms with Gasteiger partial charge in [0, 0.05) is 11.6 Å². The van der Waals surface area contributed by atoms with Gasteiger partial charge >= 0.3 is 0 Å². The number of para-hydroxylation sites is 1. The second-order valence-electron chi connectivity index (χ2n) is 5.92. The van der Waals surface area contributed by atoms with Crippen LogP contribution >= 0.6 is 0 Å². The Morgan fingerprint density at radius 2 is 2.00 bits per heavy atom. The van der Waals surface area contributed by atoms with Gasteiger partial charge in [-0.1, -0.05) is 30.3 Å². The Morgan fingerprint density at radius 1 is 1.17 bits per heavy atom. The number of amides is 1. The fraction of sp³-hybridized carbons (Fsp3) is 0.222. The van der Waals surface area contributed by atoms with Crippen molar-refractivity contribution in [2.24, 2.45) is 5.73 Å². The summed E-state index contributed by atoms with van der Waals surface area (Å²) in [6.07, 6.45) is 2.41. The number of hydrogen-bond acceptors (Lipinski definition) is 3. The van der Waals surface area contributed by atoms with Gasteiger partial charge in [-0.15, -0.1) is 0 Å². The average molecular weight is 306 g/mol. The second kappa shape index (κ2) is 5.52. The maximum Gasteiger partial charge on any atom is 0.250 e. The summed E-state index contributed by atoms with van der Waals surface area (Å²) in [5, 5.41) is 3.50. The topological polar surface area (TPSA) is 83.8 Å². The molecule has 0 bridgehead atoms. The molecule has 0 spiro atoms. The molecule has 3 aromatic rings. The zero-order valence-electron chi connectivity index (χ0n) is 12.7. The Hall–Kier alpha value is -2.66. The van der Waals surface area contributed by atoms with Gasteiger partial charge in [-0.3, -0.25) is 4.79 Å². The van der Waals surface area contributed by atoms with E-state index in [1.54, 1.807) is 12.1 Å². The molecular weight excluding hydrogens is 288 g/mol. The molecule has 1 unspecified atom stereocenters. The molecular formula is C18H18N4O. The van der Waals surface area contributed by atoms with Crippen molar-refractivity contribution in [3.05, 3.63) is 53.6 Å². The highest BCUT2D eigenvalue weighted by molar-refractivity contribution is 6.04. The molecule has 116 valence electrons. The molecule has 1 aliphatic rings. The van der Waals surface area contributed by atoms with Crippen LogP contribution in [0.1, 0.15) is 34.8 Å². The number of hydrogen-bond donors (Lipinski definition) is 3. The number of nitrogens with two attached hydrogens (primary N) is 1. The quantitative estimate of drug-likeness (QED) is 0.695. The van der Waals surface area contributed by atoms with E-state index < -0.39 is 5.91 Å². The number of primary amides is 1. The number of aromatic nitrogens is 2. The minimum Gasteiger partial charge on any atom is -0.366 e. The first-order valence-electron chi connectivity index (χ1n) is 7.84. The van der Waals surface area contributed by atoms with E-state index in [0.29, 0.717) is 17.1 Å². The van der Waals surface area contributed by atoms with Crippen LogP contribution in [0.3, 0.4) is 0 Å². The molecule has 1 aromatic heterocycles. The summed E-state index contributed by atoms with van der Waals surface area (Å²) in [6, 6.07) is 14.3. The van der Waals surface area contributed by atoms with Crippen LogP contribution < -0.4 is 11.1 Å². The van der Waals surface area contributed by atoms with E-state index >= 15 is 0 Å². The van der Waals surface area contributed by atoms with Crippen LogP contribution in [0.5, 0.6) is 0 Å². The third kappa shape index (κ3) is 2.49. The Labute approximate surface area is 133 Å². The molecule has 1 fully saturated rings. The molecule has 1 amide bonds. The van der Waals surface area contributed by atoms with Gasteiger partial charge in [0.25, 0.3) is 5.91 Å². The molecule has 1 aliphatic heterocycles. The molecule has 2 aromatic carbocycles. The SMILES string of the molecule is NC(=O)c1cccc2[nH]c(-c3ccc(C4CCCN4)cc3)nc12. The molecule has 4 rings (SSSR count). The molecule has 5 nitrogen and oxygen atoms in total. The van der Waals surface area contributed by atoms with Gasteiger partial charge in [-0.2, -0.15) is 0 Å². The number of nitrogens with one attached hydrogen (secondary N) is 2. The Balaban J connectivity index is 1.71. The molecule has 4 N–H and O–H groups in total. The number of rotatable bonds is 3. The lowest BCUT2D eigenvalue weighted by Gasteiger charge is -2.10. The zero-order chi connectivity index (χ0) is 15.8. The number of fused-ring (bicyclic) bond motifs is 1. The van der Waals surface area contributed by atoms with E-state index in [-0.39, 0.29) is 0 Å². The van der Waals surface area contributed by atoms with E-state index in [4.69, 9.17) is 5.73 Å². The summed E-state index contributed by atoms with van der Waals surface area (Å²) >= 11 is 0. The fourth-order valence-corrected chi connectivity index (χ4v) is 3.21. The lowest BCUT2D eigenvalue weighted by Crippen LogP contribution is -2.12. The van der Waals surface area contributed by atoms with Gasteiger partial charge in [0.15, 0.2) is 0 Å². The number of nitrogens with zero attached hydrogens (tertiary/aromatic N) is 1. The second-order valence-corrected chi connectivity index (χ2v) is 5.92. The number of benzene rings is 2. The third-order valence-electron chi connectivity index (χ3n) is 4.42. The molecule has 1 saturated heterocycles. The predicted octanol–water partition coefficient (Wildman–Crippen LogP) is 2.75. The van der Waals surface area contributed by atoms with E-state index in [2.05, 4.69) is 39.6 Å². The van der Waals surface area contributed by atoms with E-state index in [1.807, 2.05) is 6.07 Å². The fourth-order valence-electron chi connectivity index (χ4n) is 3.21. The third-order valence-corrected chi connectivity index (χ3v) is 4.42. The lowest BCUT2D eigenvalue weighted by atomic mass is 10.0. The molecule has 1 atom stereocenters. The largest absolute Gasteiger partial charge is 0.366 e. The van der Waals surface area contributed by atoms with Gasteiger partial charge in [0.05, 0.1) is 11.1 Å². The first-order chi connectivity index (χ1) is 11.2. The average Bonchev–Trinajstić information content (AvgIpc) is 3.24. The van der Waals surface area contributed by atoms with Crippen molar-refractivity contribution >= 4 is 16.9 Å². The minimum atomic E-state index is -0.462. The Morgan fingerprint density at radius 3 is 2.70 bits per heavy atom. The van der Waals surface area contributed by atoms with Crippen LogP contribution in [0.15, 0.2) is 42.5 Å². The number of aromatic amines is 1. The lowest BCUT2D eigenvalue weighted by molar-refractivity contribution is 0.100. The van der Waals surface area contributed by atoms with Crippen molar-refractivity contribution in [1.29, 1.82) is 0 Å². The predicted molar refractivity (Wildman–Crippen MR) is 90.0 cm³/mol. The number of carbonyl (C=O) groups excluding carboxylic acids is 1. The van der Waals surface area contributed by atoms with Gasteiger partial charge < -0.3 is 16.0 Å². The minimum absolute atomic E-state index is 0.441. The number of carbonyl (C=O) groups is 1. The van der Waals surface area contributed by atoms with Crippen LogP contribution in [0.2, 0.25) is 0 Å². The maximum atomic E-state index is 11.5. The van der Waals surface area contributed by atoms with Crippen molar-refractivity contribution in [3.8, 4) is 11.4 Å². The van der Waals surface area contributed by atoms with Crippen LogP contribution in [-0.2, 0) is 0 Å². The molecule has 0 aliphatic carbocycles. The zero-order valence-corrected chi connectivity index (χ0v) is 12.7. The van der Waals surface area contributed by atoms with Crippen molar-refractivity contribution < 1.29 is 4.79 Å². The molecule has 0 saturated carbocycles. The summed E-state index contributed by atoms with van der Waals surface area (Å²) in [5.41, 5.74) is 9.60. The molecule has 5 heteroatoms. The Kier molecular flexibility index (Phi) is 3.35. The smallest absolute Gasteiger partial charge is 0.250 e. The number of imidazole rings is 1. The van der Waals surface area contributed by atoms with Crippen molar-refractivity contribution in [3.63, 3.8) is 0 Å². The molecule has 0 radical (unpaired) electrons. The van der Waals surface area contributed by atoms with E-state index in [1.165, 1.54) is 18.4 Å². The monoisotopic (exact) mass is 306 g/mol. The molecule has 2 heterocycles. The van der Waals surface area contributed by atoms with Gasteiger partial charge in [0.1, 0.15) is 11.3 Å². The summed E-state index contributed by atoms with van der Waals surface area (Å²) in [4.78, 5) is 19.3. The van der Waals surface area contributed by atoms with Gasteiger partial charge in [-0.05, 0) is 37.1 Å². The van der Waals surface area contributed by atoms with Crippen LogP contribution in [-0.4, -0.2) is 22.4 Å². The van der Waals surface area contributed by atoms with Gasteiger partial charge in [-0.25, -0.2) is 4.98 Å². The highest BCUT2D eigenvalue weighted by Crippen LogP contribution is 2.27. The van der Waals surface area contributed by atoms with Crippen molar-refractivity contribution in [2.75, 3.05) is 6.54 Å². The van der Waals surface area contributed by atoms with E-state index in [9.17, 15) is 4.79 Å². The van der Waals surface area contributed by atoms with Crippen molar-refractivity contribution in [2.45, 2.75) is 18.9 Å². The first-order valence-corrected chi connectivity index (χ1v) is 7.84. The highest BCUT2D eigenvalue weighted by atomic mass is 16.1. The summed E-state index contributed by atoms with van der Waals surface area (Å²) in [6.45, 7) is 1.09. The van der Waals surface area contributed by atoms with Crippen LogP contribution in [0, 0.1) is 0 Å². The standard InChI is InChI=1S/C18H18N4O/c19-17(23)13-3-1-4-15-16(13)22-18(21-15)12-8-6-11(7-9-12)14-5-2-10-20-14/h1,3-4,6-9,14,20H,2,5,10H2,(H2,19,23)(H,21,22). The maximum absolute atomic E-state index is 11.5. The summed E-state index contributed by atoms with van der Waals surface area (Å²) in [5.74, 6) is 0.288. The van der Waals surface area contributed by atoms with Crippen LogP contribution in [0.4, 0.5) is 0 Å². The summed E-state index contributed by atoms with van der Waals surface area (Å²) < 4.78 is 0. The first kappa shape index (κ1) is 14.0. The molecule has 23 heavy (non-hydrogen) atoms. The Bertz CT molecular complexity index is 860. The highest BCUT2D eigenvalue weighted by Gasteiger charge is 2.16. The van der Waals surface area contributed by atoms with Crippen LogP contribution in [0.25, 0.3) is 22.4 Å². The summed E-state index contributed by atoms with van der Waals surface area (Å²) in [7, 11) is 0.